The fraction of sp³-hybridized carbons (Fsp3) is 0. The fourth-order valence-electron chi connectivity index (χ4n) is 14.1. The monoisotopic (exact) mass is 1200 g/mol. The van der Waals surface area contributed by atoms with Crippen LogP contribution in [0.3, 0.4) is 0 Å². The maximum atomic E-state index is 6.89. The van der Waals surface area contributed by atoms with Gasteiger partial charge in [0.1, 0.15) is 22.3 Å². The van der Waals surface area contributed by atoms with Crippen molar-refractivity contribution in [2.24, 2.45) is 0 Å². The SMILES string of the molecule is c1ccc(-c2nc(-c3ccccc3)nc(-c3cccc(-n4c5ccccc5c5c6oc7ccccc7c6ccc54)c3-c3cccc(-c4c(-c5nc(-c6ccccc6)nc(-c6ccccc6)n5)cccc4-n4c5ccccc5c5c6oc7ccccc7c6ccc54)c3)n2)cc1. The number of furan rings is 2. The fourth-order valence-corrected chi connectivity index (χ4v) is 14.1. The van der Waals surface area contributed by atoms with E-state index in [1.807, 2.05) is 97.1 Å². The quantitative estimate of drug-likeness (QED) is 0.133. The zero-order chi connectivity index (χ0) is 61.8. The van der Waals surface area contributed by atoms with E-state index >= 15 is 0 Å². The summed E-state index contributed by atoms with van der Waals surface area (Å²) in [5.41, 5.74) is 18.0. The molecule has 6 aromatic heterocycles. The van der Waals surface area contributed by atoms with Gasteiger partial charge in [0.05, 0.1) is 44.2 Å². The Kier molecular flexibility index (Phi) is 12.0. The van der Waals surface area contributed by atoms with E-state index in [-0.39, 0.29) is 0 Å². The van der Waals surface area contributed by atoms with E-state index in [9.17, 15) is 0 Å². The first-order valence-corrected chi connectivity index (χ1v) is 31.4. The molecule has 438 valence electrons. The second-order valence-corrected chi connectivity index (χ2v) is 23.6. The molecule has 6 heterocycles. The Morgan fingerprint density at radius 3 is 0.936 bits per heavy atom. The molecule has 0 atom stereocenters. The van der Waals surface area contributed by atoms with Gasteiger partial charge in [0.2, 0.25) is 0 Å². The molecule has 0 aliphatic heterocycles. The lowest BCUT2D eigenvalue weighted by atomic mass is 9.91. The third-order valence-electron chi connectivity index (χ3n) is 18.2. The van der Waals surface area contributed by atoms with Crippen LogP contribution >= 0.6 is 0 Å². The van der Waals surface area contributed by atoms with E-state index in [2.05, 4.69) is 215 Å². The second-order valence-electron chi connectivity index (χ2n) is 23.6. The van der Waals surface area contributed by atoms with Gasteiger partial charge in [-0.2, -0.15) is 0 Å². The third kappa shape index (κ3) is 8.43. The van der Waals surface area contributed by atoms with Gasteiger partial charge in [-0.05, 0) is 77.9 Å². The Morgan fingerprint density at radius 1 is 0.223 bits per heavy atom. The molecule has 0 spiro atoms. The van der Waals surface area contributed by atoms with E-state index in [0.717, 1.165) is 154 Å². The molecule has 0 fully saturated rings. The Balaban J connectivity index is 0.923. The van der Waals surface area contributed by atoms with E-state index in [0.29, 0.717) is 34.9 Å². The van der Waals surface area contributed by atoms with Crippen LogP contribution in [0.2, 0.25) is 0 Å². The van der Waals surface area contributed by atoms with Gasteiger partial charge in [0, 0.05) is 76.8 Å². The van der Waals surface area contributed by atoms with Crippen LogP contribution in [-0.2, 0) is 0 Å². The predicted octanol–water partition coefficient (Wildman–Crippen LogP) is 21.4. The minimum atomic E-state index is 0.519. The Bertz CT molecular complexity index is 5740. The minimum absolute atomic E-state index is 0.519. The highest BCUT2D eigenvalue weighted by atomic mass is 16.3. The highest BCUT2D eigenvalue weighted by Gasteiger charge is 2.28. The Morgan fingerprint density at radius 2 is 0.543 bits per heavy atom. The van der Waals surface area contributed by atoms with Gasteiger partial charge in [0.15, 0.2) is 34.9 Å². The zero-order valence-corrected chi connectivity index (χ0v) is 50.3. The molecule has 0 radical (unpaired) electrons. The normalized spacial score (nSPS) is 11.8. The van der Waals surface area contributed by atoms with E-state index < -0.39 is 0 Å². The summed E-state index contributed by atoms with van der Waals surface area (Å²) in [5, 5.41) is 8.45. The van der Waals surface area contributed by atoms with Crippen molar-refractivity contribution >= 4 is 87.5 Å². The van der Waals surface area contributed by atoms with E-state index in [1.54, 1.807) is 0 Å². The molecule has 0 bridgehead atoms. The van der Waals surface area contributed by atoms with Crippen LogP contribution in [0.4, 0.5) is 0 Å². The molecule has 19 aromatic rings. The van der Waals surface area contributed by atoms with Crippen LogP contribution in [0, 0.1) is 0 Å². The van der Waals surface area contributed by atoms with Crippen molar-refractivity contribution in [3.8, 4) is 102 Å². The van der Waals surface area contributed by atoms with E-state index in [4.69, 9.17) is 38.7 Å². The summed E-state index contributed by atoms with van der Waals surface area (Å²) >= 11 is 0. The molecule has 0 saturated carbocycles. The average molecular weight is 1200 g/mol. The van der Waals surface area contributed by atoms with E-state index in [1.165, 1.54) is 0 Å². The molecule has 10 nitrogen and oxygen atoms in total. The number of fused-ring (bicyclic) bond motifs is 14. The Hall–Kier alpha value is -12.9. The van der Waals surface area contributed by atoms with Crippen LogP contribution in [-0.4, -0.2) is 39.0 Å². The summed E-state index contributed by atoms with van der Waals surface area (Å²) in [6, 6.07) is 105. The predicted molar refractivity (Wildman–Crippen MR) is 380 cm³/mol. The highest BCUT2D eigenvalue weighted by Crippen LogP contribution is 2.48. The number of hydrogen-bond acceptors (Lipinski definition) is 8. The lowest BCUT2D eigenvalue weighted by Gasteiger charge is -2.21. The summed E-state index contributed by atoms with van der Waals surface area (Å²) in [7, 11) is 0. The molecule has 0 unspecified atom stereocenters. The second kappa shape index (κ2) is 21.4. The summed E-state index contributed by atoms with van der Waals surface area (Å²) in [6.45, 7) is 0. The molecule has 0 amide bonds. The summed E-state index contributed by atoms with van der Waals surface area (Å²) in [6.07, 6.45) is 0. The van der Waals surface area contributed by atoms with Gasteiger partial charge in [-0.3, -0.25) is 0 Å². The number of benzene rings is 13. The number of rotatable bonds is 10. The molecular formula is C84H50N8O2. The van der Waals surface area contributed by atoms with Crippen LogP contribution in [0.15, 0.2) is 312 Å². The van der Waals surface area contributed by atoms with Crippen molar-refractivity contribution in [3.63, 3.8) is 0 Å². The Labute approximate surface area is 537 Å². The largest absolute Gasteiger partial charge is 0.455 e. The molecule has 0 aliphatic rings. The lowest BCUT2D eigenvalue weighted by molar-refractivity contribution is 0.672. The first-order chi connectivity index (χ1) is 46.6. The zero-order valence-electron chi connectivity index (χ0n) is 50.3. The standard InChI is InChI=1S/C84H50N8O2/c1-5-24-51(25-6-1)79-85-80(52-26-7-2-8-27-52)88-83(87-79)63-38-22-42-67(91-65-40-17-13-36-61(65)75-69(91)48-46-59-57-34-15-19-44-71(57)93-77(59)75)73(63)55-32-21-33-56(50-55)74-64(84-89-81(53-28-9-3-10-29-53)86-82(90-84)54-30-11-4-12-31-54)39-23-43-68(74)92-66-41-18-14-37-62(66)76-70(92)49-47-60-58-35-16-20-45-72(58)94-78(60)76/h1-50H. The highest BCUT2D eigenvalue weighted by molar-refractivity contribution is 6.25. The van der Waals surface area contributed by atoms with Crippen molar-refractivity contribution in [1.82, 2.24) is 39.0 Å². The van der Waals surface area contributed by atoms with Gasteiger partial charge in [-0.25, -0.2) is 29.9 Å². The van der Waals surface area contributed by atoms with Crippen molar-refractivity contribution in [2.75, 3.05) is 0 Å². The van der Waals surface area contributed by atoms with Crippen molar-refractivity contribution in [1.29, 1.82) is 0 Å². The summed E-state index contributed by atoms with van der Waals surface area (Å²) in [5.74, 6) is 3.28. The molecular weight excluding hydrogens is 1150 g/mol. The average Bonchev–Trinajstić information content (AvgIpc) is 1.58. The maximum absolute atomic E-state index is 6.89. The topological polar surface area (TPSA) is 113 Å². The third-order valence-corrected chi connectivity index (χ3v) is 18.2. The van der Waals surface area contributed by atoms with Gasteiger partial charge < -0.3 is 18.0 Å². The molecule has 10 heteroatoms. The smallest absolute Gasteiger partial charge is 0.164 e. The first-order valence-electron chi connectivity index (χ1n) is 31.4. The molecule has 0 N–H and O–H groups in total. The van der Waals surface area contributed by atoms with Gasteiger partial charge in [-0.1, -0.05) is 237 Å². The van der Waals surface area contributed by atoms with Crippen LogP contribution < -0.4 is 0 Å². The van der Waals surface area contributed by atoms with Gasteiger partial charge in [-0.15, -0.1) is 0 Å². The number of nitrogens with zero attached hydrogens (tertiary/aromatic N) is 8. The van der Waals surface area contributed by atoms with Gasteiger partial charge >= 0.3 is 0 Å². The van der Waals surface area contributed by atoms with Crippen molar-refractivity contribution in [3.05, 3.63) is 303 Å². The van der Waals surface area contributed by atoms with Crippen molar-refractivity contribution in [2.45, 2.75) is 0 Å². The van der Waals surface area contributed by atoms with Crippen molar-refractivity contribution < 1.29 is 8.83 Å². The molecule has 0 aliphatic carbocycles. The molecule has 94 heavy (non-hydrogen) atoms. The molecule has 0 saturated heterocycles. The lowest BCUT2D eigenvalue weighted by Crippen LogP contribution is -2.05. The molecule has 13 aromatic carbocycles. The number of para-hydroxylation sites is 4. The van der Waals surface area contributed by atoms with Crippen LogP contribution in [0.25, 0.3) is 189 Å². The minimum Gasteiger partial charge on any atom is -0.455 e. The number of hydrogen-bond donors (Lipinski definition) is 0. The molecule has 19 rings (SSSR count). The summed E-state index contributed by atoms with van der Waals surface area (Å²) in [4.78, 5) is 32.2. The number of aromatic nitrogens is 8. The van der Waals surface area contributed by atoms with Crippen LogP contribution in [0.5, 0.6) is 0 Å². The summed E-state index contributed by atoms with van der Waals surface area (Å²) < 4.78 is 18.5. The maximum Gasteiger partial charge on any atom is 0.164 e. The first kappa shape index (κ1) is 53.0. The van der Waals surface area contributed by atoms with Gasteiger partial charge in [0.25, 0.3) is 0 Å². The van der Waals surface area contributed by atoms with Crippen LogP contribution in [0.1, 0.15) is 0 Å².